The zero-order valence-electron chi connectivity index (χ0n) is 12.7. The molecule has 1 unspecified atom stereocenters. The first-order chi connectivity index (χ1) is 10.6. The average Bonchev–Trinajstić information content (AvgIpc) is 2.74. The molecule has 0 radical (unpaired) electrons. The van der Waals surface area contributed by atoms with Crippen molar-refractivity contribution in [1.29, 1.82) is 0 Å². The molecular weight excluding hydrogens is 278 g/mol. The Bertz CT molecular complexity index is 721. The number of hydrogen-bond acceptors (Lipinski definition) is 3. The van der Waals surface area contributed by atoms with Gasteiger partial charge < -0.3 is 5.32 Å². The summed E-state index contributed by atoms with van der Waals surface area (Å²) in [6.07, 6.45) is 2.38. The Morgan fingerprint density at radius 2 is 2.00 bits per heavy atom. The number of hydrogen-bond donors (Lipinski definition) is 1. The van der Waals surface area contributed by atoms with Gasteiger partial charge in [-0.15, -0.1) is 0 Å². The second-order valence-electron chi connectivity index (χ2n) is 6.05. The van der Waals surface area contributed by atoms with Gasteiger partial charge in [0.15, 0.2) is 0 Å². The number of imide groups is 1. The standard InChI is InChI=1S/C17H19N3O2/c1-11(2)9-14-16(21)20(17(22)19-14)10-13-6-3-5-12-7-4-8-18-15(12)13/h3-8,11,14H,9-10H2,1-2H3,(H,19,22). The maximum atomic E-state index is 12.4. The predicted molar refractivity (Wildman–Crippen MR) is 84.1 cm³/mol. The lowest BCUT2D eigenvalue weighted by atomic mass is 10.0. The van der Waals surface area contributed by atoms with Crippen molar-refractivity contribution in [3.05, 3.63) is 42.1 Å². The average molecular weight is 297 g/mol. The molecule has 5 heteroatoms. The summed E-state index contributed by atoms with van der Waals surface area (Å²) in [7, 11) is 0. The summed E-state index contributed by atoms with van der Waals surface area (Å²) in [5, 5.41) is 3.78. The van der Waals surface area contributed by atoms with Gasteiger partial charge in [-0.1, -0.05) is 38.1 Å². The topological polar surface area (TPSA) is 62.3 Å². The molecule has 0 bridgehead atoms. The van der Waals surface area contributed by atoms with Crippen LogP contribution >= 0.6 is 0 Å². The number of fused-ring (bicyclic) bond motifs is 1. The van der Waals surface area contributed by atoms with Crippen molar-refractivity contribution in [2.45, 2.75) is 32.9 Å². The first-order valence-electron chi connectivity index (χ1n) is 7.50. The summed E-state index contributed by atoms with van der Waals surface area (Å²) in [5.74, 6) is 0.208. The molecule has 1 aliphatic heterocycles. The van der Waals surface area contributed by atoms with Crippen molar-refractivity contribution in [3.63, 3.8) is 0 Å². The third-order valence-electron chi connectivity index (χ3n) is 3.86. The van der Waals surface area contributed by atoms with E-state index in [9.17, 15) is 9.59 Å². The van der Waals surface area contributed by atoms with Crippen LogP contribution in [0.5, 0.6) is 0 Å². The van der Waals surface area contributed by atoms with Gasteiger partial charge in [-0.05, 0) is 24.0 Å². The Balaban J connectivity index is 1.86. The van der Waals surface area contributed by atoms with E-state index in [0.717, 1.165) is 16.5 Å². The minimum absolute atomic E-state index is 0.147. The zero-order valence-corrected chi connectivity index (χ0v) is 12.7. The van der Waals surface area contributed by atoms with Crippen LogP contribution in [0.1, 0.15) is 25.8 Å². The van der Waals surface area contributed by atoms with E-state index in [1.54, 1.807) is 6.20 Å². The highest BCUT2D eigenvalue weighted by atomic mass is 16.2. The molecule has 2 aromatic rings. The number of amides is 3. The summed E-state index contributed by atoms with van der Waals surface area (Å²) in [6.45, 7) is 4.33. The zero-order chi connectivity index (χ0) is 15.7. The predicted octanol–water partition coefficient (Wildman–Crippen LogP) is 2.70. The fraction of sp³-hybridized carbons (Fsp3) is 0.353. The van der Waals surface area contributed by atoms with Gasteiger partial charge in [-0.2, -0.15) is 0 Å². The minimum atomic E-state index is -0.407. The summed E-state index contributed by atoms with van der Waals surface area (Å²) in [5.41, 5.74) is 1.71. The second-order valence-corrected chi connectivity index (χ2v) is 6.05. The first-order valence-corrected chi connectivity index (χ1v) is 7.50. The molecule has 1 aliphatic rings. The number of nitrogens with one attached hydrogen (secondary N) is 1. The molecule has 114 valence electrons. The molecule has 22 heavy (non-hydrogen) atoms. The smallest absolute Gasteiger partial charge is 0.325 e. The summed E-state index contributed by atoms with van der Waals surface area (Å²) in [4.78, 5) is 30.2. The highest BCUT2D eigenvalue weighted by molar-refractivity contribution is 6.04. The van der Waals surface area contributed by atoms with E-state index in [1.165, 1.54) is 4.90 Å². The first kappa shape index (κ1) is 14.5. The van der Waals surface area contributed by atoms with Gasteiger partial charge in [0.05, 0.1) is 12.1 Å². The summed E-state index contributed by atoms with van der Waals surface area (Å²) < 4.78 is 0. The summed E-state index contributed by atoms with van der Waals surface area (Å²) in [6, 6.07) is 8.92. The van der Waals surface area contributed by atoms with E-state index < -0.39 is 6.04 Å². The fourth-order valence-electron chi connectivity index (χ4n) is 2.82. The Kier molecular flexibility index (Phi) is 3.79. The van der Waals surface area contributed by atoms with Crippen LogP contribution in [0, 0.1) is 5.92 Å². The van der Waals surface area contributed by atoms with Crippen molar-refractivity contribution in [1.82, 2.24) is 15.2 Å². The van der Waals surface area contributed by atoms with Gasteiger partial charge in [-0.25, -0.2) is 4.79 Å². The molecule has 2 heterocycles. The minimum Gasteiger partial charge on any atom is -0.326 e. The van der Waals surface area contributed by atoms with Gasteiger partial charge in [0.1, 0.15) is 6.04 Å². The molecule has 3 amide bonds. The van der Waals surface area contributed by atoms with Crippen LogP contribution in [0.15, 0.2) is 36.5 Å². The van der Waals surface area contributed by atoms with Crippen molar-refractivity contribution < 1.29 is 9.59 Å². The molecule has 1 atom stereocenters. The SMILES string of the molecule is CC(C)CC1NC(=O)N(Cc2cccc3cccnc23)C1=O. The van der Waals surface area contributed by atoms with Crippen LogP contribution in [0.4, 0.5) is 4.79 Å². The third kappa shape index (κ3) is 2.66. The number of nitrogens with zero attached hydrogens (tertiary/aromatic N) is 2. The highest BCUT2D eigenvalue weighted by Crippen LogP contribution is 2.21. The van der Waals surface area contributed by atoms with Crippen molar-refractivity contribution >= 4 is 22.8 Å². The molecule has 0 spiro atoms. The van der Waals surface area contributed by atoms with Gasteiger partial charge in [0.25, 0.3) is 5.91 Å². The number of carbonyl (C=O) groups excluding carboxylic acids is 2. The third-order valence-corrected chi connectivity index (χ3v) is 3.86. The monoisotopic (exact) mass is 297 g/mol. The number of carbonyl (C=O) groups is 2. The molecular formula is C17H19N3O2. The Labute approximate surface area is 129 Å². The van der Waals surface area contributed by atoms with E-state index in [-0.39, 0.29) is 18.5 Å². The number of urea groups is 1. The second kappa shape index (κ2) is 5.75. The molecule has 1 saturated heterocycles. The number of rotatable bonds is 4. The molecule has 1 N–H and O–H groups in total. The number of aromatic nitrogens is 1. The van der Waals surface area contributed by atoms with Gasteiger partial charge in [0, 0.05) is 11.6 Å². The molecule has 5 nitrogen and oxygen atoms in total. The quantitative estimate of drug-likeness (QED) is 0.883. The molecule has 1 aromatic carbocycles. The molecule has 1 fully saturated rings. The van der Waals surface area contributed by atoms with Crippen LogP contribution in [-0.2, 0) is 11.3 Å². The van der Waals surface area contributed by atoms with Crippen molar-refractivity contribution in [2.24, 2.45) is 5.92 Å². The van der Waals surface area contributed by atoms with Gasteiger partial charge in [0.2, 0.25) is 0 Å². The number of benzene rings is 1. The maximum absolute atomic E-state index is 12.4. The normalized spacial score (nSPS) is 18.3. The fourth-order valence-corrected chi connectivity index (χ4v) is 2.82. The van der Waals surface area contributed by atoms with Gasteiger partial charge >= 0.3 is 6.03 Å². The van der Waals surface area contributed by atoms with E-state index >= 15 is 0 Å². The molecule has 0 saturated carbocycles. The maximum Gasteiger partial charge on any atom is 0.325 e. The lowest BCUT2D eigenvalue weighted by Gasteiger charge is -2.15. The van der Waals surface area contributed by atoms with E-state index in [1.807, 2.05) is 44.2 Å². The van der Waals surface area contributed by atoms with E-state index in [0.29, 0.717) is 12.3 Å². The van der Waals surface area contributed by atoms with Crippen molar-refractivity contribution in [3.8, 4) is 0 Å². The number of para-hydroxylation sites is 1. The summed E-state index contributed by atoms with van der Waals surface area (Å²) >= 11 is 0. The Morgan fingerprint density at radius 1 is 1.23 bits per heavy atom. The van der Waals surface area contributed by atoms with Crippen LogP contribution in [-0.4, -0.2) is 27.9 Å². The molecule has 3 rings (SSSR count). The van der Waals surface area contributed by atoms with E-state index in [2.05, 4.69) is 10.3 Å². The van der Waals surface area contributed by atoms with Crippen molar-refractivity contribution in [2.75, 3.05) is 0 Å². The van der Waals surface area contributed by atoms with Gasteiger partial charge in [-0.3, -0.25) is 14.7 Å². The number of pyridine rings is 1. The van der Waals surface area contributed by atoms with Crippen LogP contribution in [0.25, 0.3) is 10.9 Å². The lowest BCUT2D eigenvalue weighted by molar-refractivity contribution is -0.128. The van der Waals surface area contributed by atoms with E-state index in [4.69, 9.17) is 0 Å². The molecule has 1 aromatic heterocycles. The van der Waals surface area contributed by atoms with Crippen LogP contribution in [0.2, 0.25) is 0 Å². The highest BCUT2D eigenvalue weighted by Gasteiger charge is 2.38. The largest absolute Gasteiger partial charge is 0.326 e. The Morgan fingerprint density at radius 3 is 2.77 bits per heavy atom. The molecule has 0 aliphatic carbocycles. The van der Waals surface area contributed by atoms with Crippen LogP contribution in [0.3, 0.4) is 0 Å². The lowest BCUT2D eigenvalue weighted by Crippen LogP contribution is -2.31. The van der Waals surface area contributed by atoms with Crippen LogP contribution < -0.4 is 5.32 Å². The Hall–Kier alpha value is -2.43.